The van der Waals surface area contributed by atoms with Gasteiger partial charge in [0.25, 0.3) is 0 Å². The standard InChI is InChI=1S/C27H39O3P.C3H8/c1-17-12-18-14-19-15-20(25(2,3)4)16-22(27(8,9)10)24(19)30-31(28-11)29-23(18)21(13-17)26(5,6)7;1-3-2/h12-13,15-16H,14H2,1-11H3;3H2,1-2H3. The Morgan fingerprint density at radius 2 is 1.18 bits per heavy atom. The van der Waals surface area contributed by atoms with Crippen LogP contribution in [-0.4, -0.2) is 7.11 Å². The maximum absolute atomic E-state index is 6.49. The molecule has 1 aliphatic heterocycles. The van der Waals surface area contributed by atoms with E-state index in [4.69, 9.17) is 13.6 Å². The second-order valence-electron chi connectivity index (χ2n) is 12.5. The Balaban J connectivity index is 0.00000129. The van der Waals surface area contributed by atoms with Crippen LogP contribution in [0.25, 0.3) is 0 Å². The second-order valence-corrected chi connectivity index (χ2v) is 13.7. The van der Waals surface area contributed by atoms with Crippen molar-refractivity contribution in [3.63, 3.8) is 0 Å². The predicted molar refractivity (Wildman–Crippen MR) is 148 cm³/mol. The highest BCUT2D eigenvalue weighted by molar-refractivity contribution is 7.42. The number of fused-ring (bicyclic) bond motifs is 2. The molecule has 0 fully saturated rings. The van der Waals surface area contributed by atoms with Crippen LogP contribution in [0.2, 0.25) is 0 Å². The number of hydrogen-bond donors (Lipinski definition) is 0. The lowest BCUT2D eigenvalue weighted by atomic mass is 9.78. The Morgan fingerprint density at radius 1 is 0.735 bits per heavy atom. The van der Waals surface area contributed by atoms with E-state index in [0.29, 0.717) is 0 Å². The Hall–Kier alpha value is -1.57. The van der Waals surface area contributed by atoms with E-state index in [0.717, 1.165) is 17.9 Å². The smallest absolute Gasteiger partial charge is 0.417 e. The number of aryl methyl sites for hydroxylation is 1. The van der Waals surface area contributed by atoms with E-state index in [1.807, 2.05) is 0 Å². The van der Waals surface area contributed by atoms with Gasteiger partial charge in [0.1, 0.15) is 11.5 Å². The molecular formula is C30H47O3P. The molecule has 0 saturated heterocycles. The molecule has 4 heteroatoms. The van der Waals surface area contributed by atoms with Crippen molar-refractivity contribution in [1.29, 1.82) is 0 Å². The van der Waals surface area contributed by atoms with Gasteiger partial charge in [0, 0.05) is 24.7 Å². The molecule has 0 aliphatic carbocycles. The minimum Gasteiger partial charge on any atom is -0.417 e. The van der Waals surface area contributed by atoms with Crippen molar-refractivity contribution in [2.75, 3.05) is 7.11 Å². The van der Waals surface area contributed by atoms with Gasteiger partial charge in [-0.1, -0.05) is 112 Å². The van der Waals surface area contributed by atoms with Gasteiger partial charge >= 0.3 is 8.60 Å². The molecular weight excluding hydrogens is 439 g/mol. The predicted octanol–water partition coefficient (Wildman–Crippen LogP) is 9.54. The second kappa shape index (κ2) is 10.6. The third kappa shape index (κ3) is 6.76. The highest BCUT2D eigenvalue weighted by atomic mass is 31.2. The van der Waals surface area contributed by atoms with Crippen LogP contribution in [0.5, 0.6) is 11.5 Å². The zero-order valence-corrected chi connectivity index (χ0v) is 24.8. The molecule has 1 atom stereocenters. The minimum absolute atomic E-state index is 0.0449. The summed E-state index contributed by atoms with van der Waals surface area (Å²) < 4.78 is 18.7. The summed E-state index contributed by atoms with van der Waals surface area (Å²) in [5.41, 5.74) is 7.32. The highest BCUT2D eigenvalue weighted by Gasteiger charge is 2.33. The summed E-state index contributed by atoms with van der Waals surface area (Å²) >= 11 is 0. The molecule has 2 aromatic carbocycles. The largest absolute Gasteiger partial charge is 0.462 e. The van der Waals surface area contributed by atoms with Crippen molar-refractivity contribution in [3.05, 3.63) is 57.6 Å². The van der Waals surface area contributed by atoms with Crippen LogP contribution in [0.3, 0.4) is 0 Å². The Bertz CT molecular complexity index is 988. The van der Waals surface area contributed by atoms with Crippen LogP contribution < -0.4 is 9.05 Å². The molecule has 0 amide bonds. The first-order valence-electron chi connectivity index (χ1n) is 12.5. The quantitative estimate of drug-likeness (QED) is 0.376. The van der Waals surface area contributed by atoms with Crippen molar-refractivity contribution >= 4 is 8.60 Å². The van der Waals surface area contributed by atoms with E-state index in [1.54, 1.807) is 7.11 Å². The third-order valence-corrected chi connectivity index (χ3v) is 6.78. The van der Waals surface area contributed by atoms with Crippen molar-refractivity contribution in [2.24, 2.45) is 0 Å². The summed E-state index contributed by atoms with van der Waals surface area (Å²) in [6, 6.07) is 9.11. The van der Waals surface area contributed by atoms with Gasteiger partial charge in [-0.2, -0.15) is 0 Å². The van der Waals surface area contributed by atoms with E-state index >= 15 is 0 Å². The van der Waals surface area contributed by atoms with E-state index < -0.39 is 8.60 Å². The molecule has 190 valence electrons. The fraction of sp³-hybridized carbons (Fsp3) is 0.600. The van der Waals surface area contributed by atoms with Gasteiger partial charge < -0.3 is 9.05 Å². The topological polar surface area (TPSA) is 27.7 Å². The van der Waals surface area contributed by atoms with Crippen molar-refractivity contribution in [1.82, 2.24) is 0 Å². The van der Waals surface area contributed by atoms with Gasteiger partial charge in [-0.05, 0) is 39.9 Å². The van der Waals surface area contributed by atoms with E-state index in [2.05, 4.69) is 107 Å². The summed E-state index contributed by atoms with van der Waals surface area (Å²) in [6.45, 7) is 26.6. The van der Waals surface area contributed by atoms with Crippen molar-refractivity contribution in [2.45, 2.75) is 112 Å². The van der Waals surface area contributed by atoms with Gasteiger partial charge in [0.2, 0.25) is 0 Å². The van der Waals surface area contributed by atoms with E-state index in [-0.39, 0.29) is 16.2 Å². The van der Waals surface area contributed by atoms with Crippen LogP contribution in [0, 0.1) is 6.92 Å². The summed E-state index contributed by atoms with van der Waals surface area (Å²) in [7, 11) is 0.104. The molecule has 2 aromatic rings. The van der Waals surface area contributed by atoms with Crippen molar-refractivity contribution in [3.8, 4) is 11.5 Å². The molecule has 3 rings (SSSR count). The van der Waals surface area contributed by atoms with Gasteiger partial charge in [0.05, 0.1) is 0 Å². The molecule has 0 aromatic heterocycles. The first-order chi connectivity index (χ1) is 15.5. The average Bonchev–Trinajstić information content (AvgIpc) is 2.66. The molecule has 0 saturated carbocycles. The lowest BCUT2D eigenvalue weighted by molar-refractivity contribution is 0.313. The normalized spacial score (nSPS) is 16.1. The Labute approximate surface area is 210 Å². The lowest BCUT2D eigenvalue weighted by Gasteiger charge is -2.33. The average molecular weight is 487 g/mol. The zero-order chi connectivity index (χ0) is 26.1. The summed E-state index contributed by atoms with van der Waals surface area (Å²) in [4.78, 5) is 0. The van der Waals surface area contributed by atoms with E-state index in [1.165, 1.54) is 39.8 Å². The first kappa shape index (κ1) is 28.7. The van der Waals surface area contributed by atoms with Crippen LogP contribution in [0.4, 0.5) is 0 Å². The fourth-order valence-electron chi connectivity index (χ4n) is 4.01. The van der Waals surface area contributed by atoms with Crippen LogP contribution in [0.15, 0.2) is 24.3 Å². The summed E-state index contributed by atoms with van der Waals surface area (Å²) in [6.07, 6.45) is 2.02. The summed E-state index contributed by atoms with van der Waals surface area (Å²) in [5.74, 6) is 1.83. The van der Waals surface area contributed by atoms with Gasteiger partial charge in [-0.3, -0.25) is 4.52 Å². The molecule has 1 aliphatic rings. The maximum Gasteiger partial charge on any atom is 0.462 e. The zero-order valence-electron chi connectivity index (χ0n) is 23.9. The maximum atomic E-state index is 6.49. The molecule has 0 bridgehead atoms. The molecule has 3 nitrogen and oxygen atoms in total. The molecule has 0 radical (unpaired) electrons. The number of rotatable bonds is 1. The Morgan fingerprint density at radius 3 is 1.59 bits per heavy atom. The Kier molecular flexibility index (Phi) is 8.93. The molecule has 0 N–H and O–H groups in total. The first-order valence-corrected chi connectivity index (χ1v) is 13.6. The molecule has 1 heterocycles. The monoisotopic (exact) mass is 486 g/mol. The van der Waals surface area contributed by atoms with Crippen molar-refractivity contribution < 1.29 is 13.6 Å². The van der Waals surface area contributed by atoms with Gasteiger partial charge in [-0.15, -0.1) is 0 Å². The van der Waals surface area contributed by atoms with Gasteiger partial charge in [-0.25, -0.2) is 0 Å². The lowest BCUT2D eigenvalue weighted by Crippen LogP contribution is -2.21. The van der Waals surface area contributed by atoms with Crippen LogP contribution in [0.1, 0.15) is 116 Å². The van der Waals surface area contributed by atoms with Gasteiger partial charge in [0.15, 0.2) is 0 Å². The van der Waals surface area contributed by atoms with Crippen LogP contribution in [-0.2, 0) is 27.2 Å². The fourth-order valence-corrected chi connectivity index (χ4v) is 4.93. The number of benzene rings is 2. The number of hydrogen-bond acceptors (Lipinski definition) is 3. The third-order valence-electron chi connectivity index (χ3n) is 5.82. The van der Waals surface area contributed by atoms with E-state index in [9.17, 15) is 0 Å². The molecule has 1 unspecified atom stereocenters. The molecule has 0 spiro atoms. The summed E-state index contributed by atoms with van der Waals surface area (Å²) in [5, 5.41) is 0. The highest BCUT2D eigenvalue weighted by Crippen LogP contribution is 2.52. The SMILES string of the molecule is CCC.COP1Oc2c(cc(C)cc2C(C)(C)C)Cc2cc(C(C)(C)C)cc(C(C)(C)C)c2O1. The molecule has 34 heavy (non-hydrogen) atoms. The van der Waals surface area contributed by atoms with Crippen LogP contribution >= 0.6 is 8.60 Å². The minimum atomic E-state index is -1.56.